The van der Waals surface area contributed by atoms with Crippen molar-refractivity contribution in [3.05, 3.63) is 30.3 Å². The summed E-state index contributed by atoms with van der Waals surface area (Å²) < 4.78 is 27.3. The second-order valence-corrected chi connectivity index (χ2v) is 7.03. The molecule has 2 aromatic rings. The highest BCUT2D eigenvalue weighted by Crippen LogP contribution is 2.32. The molecule has 0 saturated carbocycles. The van der Waals surface area contributed by atoms with Crippen LogP contribution in [0, 0.1) is 5.82 Å². The van der Waals surface area contributed by atoms with Gasteiger partial charge in [0.15, 0.2) is 5.82 Å². The number of hydrogen-bond donors (Lipinski definition) is 0. The molecular formula is C18H19BFN3O5. The predicted molar refractivity (Wildman–Crippen MR) is 101 cm³/mol. The Labute approximate surface area is 161 Å². The van der Waals surface area contributed by atoms with E-state index in [0.717, 1.165) is 29.5 Å². The van der Waals surface area contributed by atoms with E-state index in [9.17, 15) is 14.4 Å². The Bertz CT molecular complexity index is 1030. The number of amides is 2. The lowest BCUT2D eigenvalue weighted by Gasteiger charge is -2.15. The molecule has 2 heterocycles. The zero-order chi connectivity index (χ0) is 21.0. The first kappa shape index (κ1) is 19.7. The topological polar surface area (TPSA) is 90.7 Å². The van der Waals surface area contributed by atoms with Crippen molar-refractivity contribution in [2.45, 2.75) is 40.2 Å². The number of halogens is 1. The van der Waals surface area contributed by atoms with Crippen LogP contribution in [-0.2, 0) is 18.9 Å². The summed E-state index contributed by atoms with van der Waals surface area (Å²) in [4.78, 5) is 36.6. The molecule has 0 spiro atoms. The minimum Gasteiger partial charge on any atom is -0.534 e. The fraction of sp³-hybridized carbons (Fsp3) is 0.333. The highest BCUT2D eigenvalue weighted by Gasteiger charge is 2.43. The lowest BCUT2D eigenvalue weighted by Crippen LogP contribution is -2.35. The number of carbonyl (C=O) groups excluding carboxylic acids is 3. The summed E-state index contributed by atoms with van der Waals surface area (Å²) >= 11 is 0. The average molecular weight is 387 g/mol. The van der Waals surface area contributed by atoms with Crippen LogP contribution in [0.1, 0.15) is 39.4 Å². The molecule has 0 N–H and O–H groups in total. The van der Waals surface area contributed by atoms with Gasteiger partial charge in [0.1, 0.15) is 11.4 Å². The molecule has 0 bridgehead atoms. The normalized spacial score (nSPS) is 15.6. The number of fused-ring (bicyclic) bond motifs is 1. The fourth-order valence-electron chi connectivity index (χ4n) is 3.02. The summed E-state index contributed by atoms with van der Waals surface area (Å²) in [7, 11) is -0.920. The maximum Gasteiger partial charge on any atom is 0.563 e. The molecule has 28 heavy (non-hydrogen) atoms. The first-order valence-corrected chi connectivity index (χ1v) is 8.52. The molecule has 0 radical (unpaired) electrons. The van der Waals surface area contributed by atoms with Gasteiger partial charge in [0, 0.05) is 26.2 Å². The Kier molecular flexibility index (Phi) is 4.62. The lowest BCUT2D eigenvalue weighted by molar-refractivity contribution is -0.124. The molecule has 0 atom stereocenters. The minimum absolute atomic E-state index is 0.0903. The number of carbonyl (C=O) groups is 3. The van der Waals surface area contributed by atoms with Gasteiger partial charge in [0.2, 0.25) is 17.7 Å². The third-order valence-corrected chi connectivity index (χ3v) is 4.47. The van der Waals surface area contributed by atoms with Crippen molar-refractivity contribution < 1.29 is 28.1 Å². The van der Waals surface area contributed by atoms with E-state index < -0.39 is 36.3 Å². The number of imide groups is 1. The summed E-state index contributed by atoms with van der Waals surface area (Å²) in [5.74, 6) is -2.44. The van der Waals surface area contributed by atoms with Gasteiger partial charge in [-0.25, -0.2) is 9.29 Å². The number of nitrogens with zero attached hydrogens (tertiary/aromatic N) is 3. The van der Waals surface area contributed by atoms with Crippen molar-refractivity contribution in [1.82, 2.24) is 9.78 Å². The van der Waals surface area contributed by atoms with Crippen molar-refractivity contribution in [3.63, 3.8) is 0 Å². The highest BCUT2D eigenvalue weighted by molar-refractivity contribution is 6.62. The van der Waals surface area contributed by atoms with Gasteiger partial charge < -0.3 is 9.31 Å². The Morgan fingerprint density at radius 2 is 1.82 bits per heavy atom. The minimum atomic E-state index is -0.920. The van der Waals surface area contributed by atoms with E-state index in [0.29, 0.717) is 11.2 Å². The van der Waals surface area contributed by atoms with Crippen LogP contribution in [0.5, 0.6) is 0 Å². The van der Waals surface area contributed by atoms with Gasteiger partial charge in [-0.15, -0.1) is 5.10 Å². The van der Waals surface area contributed by atoms with Crippen LogP contribution in [0.2, 0.25) is 0 Å². The van der Waals surface area contributed by atoms with E-state index in [1.165, 1.54) is 13.0 Å². The number of rotatable bonds is 2. The van der Waals surface area contributed by atoms with Crippen LogP contribution in [0.3, 0.4) is 0 Å². The van der Waals surface area contributed by atoms with Gasteiger partial charge in [0.05, 0.1) is 16.7 Å². The maximum atomic E-state index is 15.1. The van der Waals surface area contributed by atoms with Gasteiger partial charge in [0.25, 0.3) is 0 Å². The second-order valence-electron chi connectivity index (χ2n) is 7.03. The average Bonchev–Trinajstić information content (AvgIpc) is 3.05. The lowest BCUT2D eigenvalue weighted by atomic mass is 9.78. The van der Waals surface area contributed by atoms with Gasteiger partial charge in [-0.3, -0.25) is 14.4 Å². The molecule has 3 rings (SSSR count). The summed E-state index contributed by atoms with van der Waals surface area (Å²) in [5, 5.41) is 3.89. The van der Waals surface area contributed by atoms with Crippen LogP contribution < -0.4 is 10.4 Å². The quantitative estimate of drug-likeness (QED) is 0.730. The molecule has 0 unspecified atom stereocenters. The summed E-state index contributed by atoms with van der Waals surface area (Å²) in [5.41, 5.74) is -0.363. The second kappa shape index (κ2) is 6.56. The van der Waals surface area contributed by atoms with E-state index in [1.54, 1.807) is 13.8 Å². The van der Waals surface area contributed by atoms with Crippen LogP contribution in [0.4, 0.5) is 10.2 Å². The van der Waals surface area contributed by atoms with Crippen LogP contribution in [-0.4, -0.2) is 40.2 Å². The Hall–Kier alpha value is -3.01. The molecule has 10 heteroatoms. The zero-order valence-corrected chi connectivity index (χ0v) is 16.2. The van der Waals surface area contributed by atoms with E-state index in [4.69, 9.17) is 9.31 Å². The largest absolute Gasteiger partial charge is 0.563 e. The van der Waals surface area contributed by atoms with E-state index >= 15 is 4.39 Å². The zero-order valence-electron chi connectivity index (χ0n) is 16.2. The van der Waals surface area contributed by atoms with Crippen molar-refractivity contribution in [2.24, 2.45) is 0 Å². The van der Waals surface area contributed by atoms with Crippen LogP contribution in [0.25, 0.3) is 10.9 Å². The van der Waals surface area contributed by atoms with Gasteiger partial charge in [-0.05, 0) is 26.0 Å². The number of anilines is 1. The van der Waals surface area contributed by atoms with Crippen LogP contribution in [0.15, 0.2) is 24.5 Å². The molecule has 1 fully saturated rings. The van der Waals surface area contributed by atoms with E-state index in [2.05, 4.69) is 11.7 Å². The van der Waals surface area contributed by atoms with E-state index in [-0.39, 0.29) is 16.7 Å². The summed E-state index contributed by atoms with van der Waals surface area (Å²) in [6, 6.07) is 2.64. The summed E-state index contributed by atoms with van der Waals surface area (Å²) in [6.07, 6.45) is 0. The standard InChI is InChI=1S/C18H19BFN3O5/c1-9-18(5,6)28-19(27-9)13-7-14(20)16-15(8-13)23(12(4)26)21-17(16)22(10(2)24)11(3)25/h7-8H,1H2,2-6H3. The Balaban J connectivity index is 2.24. The molecule has 1 aliphatic heterocycles. The number of aromatic nitrogens is 2. The van der Waals surface area contributed by atoms with Gasteiger partial charge in [-0.1, -0.05) is 6.58 Å². The molecule has 0 aliphatic carbocycles. The predicted octanol–water partition coefficient (Wildman–Crippen LogP) is 1.77. The number of benzene rings is 1. The smallest absolute Gasteiger partial charge is 0.534 e. The molecule has 146 valence electrons. The first-order valence-electron chi connectivity index (χ1n) is 8.52. The van der Waals surface area contributed by atoms with Crippen LogP contribution >= 0.6 is 0 Å². The third kappa shape index (κ3) is 3.09. The van der Waals surface area contributed by atoms with Crippen molar-refractivity contribution in [2.75, 3.05) is 4.90 Å². The molecule has 1 aromatic heterocycles. The fourth-order valence-corrected chi connectivity index (χ4v) is 3.02. The van der Waals surface area contributed by atoms with Gasteiger partial charge in [-0.2, -0.15) is 4.68 Å². The number of hydrogen-bond acceptors (Lipinski definition) is 6. The molecule has 8 nitrogen and oxygen atoms in total. The Morgan fingerprint density at radius 1 is 1.21 bits per heavy atom. The monoisotopic (exact) mass is 387 g/mol. The molecule has 1 saturated heterocycles. The van der Waals surface area contributed by atoms with Crippen molar-refractivity contribution >= 4 is 47.0 Å². The molecule has 2 amide bonds. The summed E-state index contributed by atoms with van der Waals surface area (Å²) in [6.45, 7) is 10.9. The molecular weight excluding hydrogens is 368 g/mol. The van der Waals surface area contributed by atoms with Gasteiger partial charge >= 0.3 is 7.12 Å². The first-order chi connectivity index (χ1) is 12.9. The highest BCUT2D eigenvalue weighted by atomic mass is 19.1. The third-order valence-electron chi connectivity index (χ3n) is 4.47. The van der Waals surface area contributed by atoms with Crippen molar-refractivity contribution in [1.29, 1.82) is 0 Å². The van der Waals surface area contributed by atoms with Crippen molar-refractivity contribution in [3.8, 4) is 0 Å². The molecule has 1 aromatic carbocycles. The maximum absolute atomic E-state index is 15.1. The van der Waals surface area contributed by atoms with E-state index in [1.807, 2.05) is 0 Å². The SMILES string of the molecule is C=C1OB(c2cc(F)c3c(N(C(C)=O)C(C)=O)nn(C(C)=O)c3c2)OC1(C)C. The Morgan fingerprint density at radius 3 is 2.29 bits per heavy atom. The molecule has 1 aliphatic rings.